The lowest BCUT2D eigenvalue weighted by Gasteiger charge is -2.10. The Labute approximate surface area is 140 Å². The minimum absolute atomic E-state index is 0.673. The molecule has 120 valence electrons. The van der Waals surface area contributed by atoms with Crippen LogP contribution in [-0.4, -0.2) is 28.9 Å². The Hall–Kier alpha value is -2.34. The van der Waals surface area contributed by atoms with Crippen molar-refractivity contribution in [2.24, 2.45) is 4.99 Å². The number of hydrogen-bond acceptors (Lipinski definition) is 3. The minimum atomic E-state index is 0.673. The average Bonchev–Trinajstić information content (AvgIpc) is 3.16. The second-order valence-electron chi connectivity index (χ2n) is 5.27. The number of thiazole rings is 1. The highest BCUT2D eigenvalue weighted by molar-refractivity contribution is 7.15. The van der Waals surface area contributed by atoms with Gasteiger partial charge in [0.25, 0.3) is 0 Å². The Morgan fingerprint density at radius 2 is 2.13 bits per heavy atom. The van der Waals surface area contributed by atoms with Crippen molar-refractivity contribution in [1.82, 2.24) is 20.0 Å². The van der Waals surface area contributed by atoms with Gasteiger partial charge in [0.1, 0.15) is 0 Å². The van der Waals surface area contributed by atoms with E-state index in [9.17, 15) is 0 Å². The molecule has 2 N–H and O–H groups in total. The highest BCUT2D eigenvalue weighted by Gasteiger charge is 2.03. The molecule has 0 aliphatic heterocycles. The van der Waals surface area contributed by atoms with Crippen LogP contribution in [0.1, 0.15) is 17.7 Å². The molecular weight excluding hydrogens is 306 g/mol. The molecule has 0 unspecified atom stereocenters. The first-order valence-electron chi connectivity index (χ1n) is 7.74. The molecule has 0 amide bonds. The summed E-state index contributed by atoms with van der Waals surface area (Å²) in [6.07, 6.45) is 6.21. The Kier molecular flexibility index (Phi) is 5.26. The number of aromatic nitrogens is 2. The second kappa shape index (κ2) is 7.78. The van der Waals surface area contributed by atoms with Gasteiger partial charge in [-0.05, 0) is 18.4 Å². The van der Waals surface area contributed by atoms with E-state index in [0.717, 1.165) is 36.0 Å². The molecule has 0 saturated carbocycles. The number of nitrogens with zero attached hydrogens (tertiary/aromatic N) is 3. The largest absolute Gasteiger partial charge is 0.356 e. The number of guanidine groups is 1. The van der Waals surface area contributed by atoms with Crippen LogP contribution in [0.3, 0.4) is 0 Å². The number of aryl methyl sites for hydroxylation is 1. The van der Waals surface area contributed by atoms with E-state index in [1.54, 1.807) is 18.4 Å². The van der Waals surface area contributed by atoms with Gasteiger partial charge >= 0.3 is 0 Å². The van der Waals surface area contributed by atoms with Gasteiger partial charge in [-0.15, -0.1) is 11.3 Å². The lowest BCUT2D eigenvalue weighted by molar-refractivity contribution is 0.739. The van der Waals surface area contributed by atoms with Crippen LogP contribution in [0.5, 0.6) is 0 Å². The normalized spacial score (nSPS) is 11.8. The van der Waals surface area contributed by atoms with Crippen LogP contribution in [-0.2, 0) is 13.0 Å². The number of fused-ring (bicyclic) bond motifs is 1. The zero-order valence-electron chi connectivity index (χ0n) is 13.2. The van der Waals surface area contributed by atoms with Gasteiger partial charge in [0, 0.05) is 31.4 Å². The molecule has 0 aliphatic rings. The van der Waals surface area contributed by atoms with Crippen LogP contribution >= 0.6 is 11.3 Å². The van der Waals surface area contributed by atoms with Gasteiger partial charge < -0.3 is 10.6 Å². The van der Waals surface area contributed by atoms with Gasteiger partial charge in [-0.2, -0.15) is 0 Å². The standard InChI is InChI=1S/C17H21N5S/c1-18-16(19-9-5-8-14-6-3-2-4-7-14)20-12-15-13-22-10-11-23-17(22)21-15/h2-4,6-7,10-11,13H,5,8-9,12H2,1H3,(H2,18,19,20). The highest BCUT2D eigenvalue weighted by atomic mass is 32.1. The molecule has 1 aromatic carbocycles. The third-order valence-corrected chi connectivity index (χ3v) is 4.35. The first-order valence-corrected chi connectivity index (χ1v) is 8.62. The lowest BCUT2D eigenvalue weighted by atomic mass is 10.1. The summed E-state index contributed by atoms with van der Waals surface area (Å²) in [5.41, 5.74) is 2.39. The summed E-state index contributed by atoms with van der Waals surface area (Å²) in [7, 11) is 1.79. The van der Waals surface area contributed by atoms with Gasteiger partial charge in [-0.1, -0.05) is 30.3 Å². The third-order valence-electron chi connectivity index (χ3n) is 3.58. The van der Waals surface area contributed by atoms with E-state index in [4.69, 9.17) is 0 Å². The molecule has 2 aromatic heterocycles. The minimum Gasteiger partial charge on any atom is -0.356 e. The van der Waals surface area contributed by atoms with Gasteiger partial charge in [0.05, 0.1) is 12.2 Å². The predicted octanol–water partition coefficient (Wildman–Crippen LogP) is 2.69. The maximum Gasteiger partial charge on any atom is 0.193 e. The average molecular weight is 327 g/mol. The van der Waals surface area contributed by atoms with Crippen LogP contribution in [0.25, 0.3) is 4.96 Å². The Morgan fingerprint density at radius 1 is 1.26 bits per heavy atom. The molecule has 3 rings (SSSR count). The van der Waals surface area contributed by atoms with Crippen molar-refractivity contribution in [3.05, 3.63) is 59.4 Å². The van der Waals surface area contributed by atoms with Crippen molar-refractivity contribution in [1.29, 1.82) is 0 Å². The number of nitrogens with one attached hydrogen (secondary N) is 2. The van der Waals surface area contributed by atoms with E-state index >= 15 is 0 Å². The third kappa shape index (κ3) is 4.32. The molecule has 0 aliphatic carbocycles. The zero-order chi connectivity index (χ0) is 15.9. The van der Waals surface area contributed by atoms with Crippen molar-refractivity contribution in [2.75, 3.05) is 13.6 Å². The zero-order valence-corrected chi connectivity index (χ0v) is 14.0. The molecule has 0 fully saturated rings. The molecule has 3 aromatic rings. The van der Waals surface area contributed by atoms with E-state index in [2.05, 4.69) is 44.9 Å². The fraction of sp³-hybridized carbons (Fsp3) is 0.294. The lowest BCUT2D eigenvalue weighted by Crippen LogP contribution is -2.37. The quantitative estimate of drug-likeness (QED) is 0.416. The maximum atomic E-state index is 4.55. The summed E-state index contributed by atoms with van der Waals surface area (Å²) in [6, 6.07) is 10.5. The van der Waals surface area contributed by atoms with Crippen molar-refractivity contribution >= 4 is 22.3 Å². The number of benzene rings is 1. The molecule has 6 heteroatoms. The molecule has 23 heavy (non-hydrogen) atoms. The Balaban J connectivity index is 1.40. The fourth-order valence-electron chi connectivity index (χ4n) is 2.40. The van der Waals surface area contributed by atoms with E-state index in [0.29, 0.717) is 6.54 Å². The number of rotatable bonds is 6. The Morgan fingerprint density at radius 3 is 2.91 bits per heavy atom. The SMILES string of the molecule is CN=C(NCCCc1ccccc1)NCc1cn2ccsc2n1. The summed E-state index contributed by atoms with van der Waals surface area (Å²) in [4.78, 5) is 9.82. The van der Waals surface area contributed by atoms with Crippen molar-refractivity contribution in [3.8, 4) is 0 Å². The van der Waals surface area contributed by atoms with Crippen LogP contribution in [0.4, 0.5) is 0 Å². The van der Waals surface area contributed by atoms with Crippen LogP contribution < -0.4 is 10.6 Å². The number of imidazole rings is 1. The van der Waals surface area contributed by atoms with Crippen molar-refractivity contribution in [3.63, 3.8) is 0 Å². The molecule has 0 bridgehead atoms. The summed E-state index contributed by atoms with van der Waals surface area (Å²) in [5, 5.41) is 8.68. The summed E-state index contributed by atoms with van der Waals surface area (Å²) < 4.78 is 2.04. The van der Waals surface area contributed by atoms with Crippen LogP contribution in [0.2, 0.25) is 0 Å². The molecule has 0 spiro atoms. The fourth-order valence-corrected chi connectivity index (χ4v) is 3.12. The Bertz CT molecular complexity index is 731. The predicted molar refractivity (Wildman–Crippen MR) is 96.0 cm³/mol. The van der Waals surface area contributed by atoms with E-state index in [1.165, 1.54) is 5.56 Å². The van der Waals surface area contributed by atoms with Crippen LogP contribution in [0.15, 0.2) is 53.1 Å². The van der Waals surface area contributed by atoms with E-state index < -0.39 is 0 Å². The molecule has 0 radical (unpaired) electrons. The number of hydrogen-bond donors (Lipinski definition) is 2. The van der Waals surface area contributed by atoms with Crippen LogP contribution in [0, 0.1) is 0 Å². The van der Waals surface area contributed by atoms with Crippen molar-refractivity contribution in [2.45, 2.75) is 19.4 Å². The molecule has 0 saturated heterocycles. The highest BCUT2D eigenvalue weighted by Crippen LogP contribution is 2.10. The summed E-state index contributed by atoms with van der Waals surface area (Å²) in [6.45, 7) is 1.57. The molecule has 2 heterocycles. The second-order valence-corrected chi connectivity index (χ2v) is 6.14. The molecular formula is C17H21N5S. The maximum absolute atomic E-state index is 4.55. The van der Waals surface area contributed by atoms with Crippen molar-refractivity contribution < 1.29 is 0 Å². The smallest absolute Gasteiger partial charge is 0.193 e. The molecule has 5 nitrogen and oxygen atoms in total. The van der Waals surface area contributed by atoms with Gasteiger partial charge in [-0.3, -0.25) is 9.39 Å². The first kappa shape index (κ1) is 15.6. The van der Waals surface area contributed by atoms with Gasteiger partial charge in [-0.25, -0.2) is 4.98 Å². The number of aliphatic imine (C=N–C) groups is 1. The van der Waals surface area contributed by atoms with E-state index in [1.807, 2.05) is 28.2 Å². The van der Waals surface area contributed by atoms with E-state index in [-0.39, 0.29) is 0 Å². The summed E-state index contributed by atoms with van der Waals surface area (Å²) >= 11 is 1.64. The van der Waals surface area contributed by atoms with Gasteiger partial charge in [0.2, 0.25) is 0 Å². The topological polar surface area (TPSA) is 53.7 Å². The monoisotopic (exact) mass is 327 g/mol. The first-order chi connectivity index (χ1) is 11.3. The van der Waals surface area contributed by atoms with Gasteiger partial charge in [0.15, 0.2) is 10.9 Å². The molecule has 0 atom stereocenters. The summed E-state index contributed by atoms with van der Waals surface area (Å²) in [5.74, 6) is 0.814.